The molecule has 1 fully saturated rings. The molecule has 0 spiro atoms. The van der Waals surface area contributed by atoms with E-state index in [2.05, 4.69) is 4.72 Å². The summed E-state index contributed by atoms with van der Waals surface area (Å²) in [5.74, 6) is 0.348. The minimum Gasteiger partial charge on any atom is -0.495 e. The molecule has 0 aromatic heterocycles. The van der Waals surface area contributed by atoms with E-state index in [-0.39, 0.29) is 34.4 Å². The number of amides is 2. The Balaban J connectivity index is 1.43. The van der Waals surface area contributed by atoms with Gasteiger partial charge in [-0.2, -0.15) is 0 Å². The number of methoxy groups -OCH3 is 1. The van der Waals surface area contributed by atoms with Gasteiger partial charge in [-0.05, 0) is 90.8 Å². The van der Waals surface area contributed by atoms with Crippen molar-refractivity contribution in [1.29, 1.82) is 0 Å². The SMILES string of the molecule is COc1ccc(-c2cccc(C(=O)N(C)C)c2)cc1S(=O)(=O)Nc1ccc2c(c1)C(N(C)C(=O)C1CCCCC1)CCC2. The molecule has 0 saturated heterocycles. The summed E-state index contributed by atoms with van der Waals surface area (Å²) in [5, 5.41) is 0. The van der Waals surface area contributed by atoms with Crippen LogP contribution in [0.2, 0.25) is 0 Å². The van der Waals surface area contributed by atoms with Gasteiger partial charge in [0.25, 0.3) is 15.9 Å². The van der Waals surface area contributed by atoms with Crippen molar-refractivity contribution in [3.63, 3.8) is 0 Å². The van der Waals surface area contributed by atoms with Gasteiger partial charge < -0.3 is 14.5 Å². The van der Waals surface area contributed by atoms with Gasteiger partial charge in [0, 0.05) is 38.3 Å². The van der Waals surface area contributed by atoms with E-state index in [4.69, 9.17) is 4.74 Å². The monoisotopic (exact) mass is 603 g/mol. The highest BCUT2D eigenvalue weighted by molar-refractivity contribution is 7.92. The van der Waals surface area contributed by atoms with Gasteiger partial charge in [0.15, 0.2) is 0 Å². The lowest BCUT2D eigenvalue weighted by atomic mass is 9.84. The summed E-state index contributed by atoms with van der Waals surface area (Å²) in [7, 11) is 2.65. The van der Waals surface area contributed by atoms with Crippen LogP contribution < -0.4 is 9.46 Å². The standard InChI is InChI=1S/C34H41N3O5S/c1-36(2)33(38)27-14-8-13-25(20-27)26-17-19-31(42-4)32(21-26)43(40,41)35-28-18-16-23-12-9-15-30(29(23)22-28)37(3)34(39)24-10-6-5-7-11-24/h8,13-14,16-22,24,30,35H,5-7,9-12,15H2,1-4H3. The van der Waals surface area contributed by atoms with E-state index in [0.29, 0.717) is 22.4 Å². The molecular weight excluding hydrogens is 562 g/mol. The Labute approximate surface area is 255 Å². The molecule has 1 atom stereocenters. The first-order valence-corrected chi connectivity index (χ1v) is 16.5. The predicted octanol–water partition coefficient (Wildman–Crippen LogP) is 6.28. The minimum absolute atomic E-state index is 0.00398. The fourth-order valence-electron chi connectivity index (χ4n) is 6.40. The van der Waals surface area contributed by atoms with Crippen LogP contribution in [-0.4, -0.2) is 58.3 Å². The van der Waals surface area contributed by atoms with Crippen molar-refractivity contribution in [2.75, 3.05) is 33.0 Å². The van der Waals surface area contributed by atoms with Crippen LogP contribution in [0.4, 0.5) is 5.69 Å². The molecule has 0 radical (unpaired) electrons. The lowest BCUT2D eigenvalue weighted by Gasteiger charge is -2.36. The first-order chi connectivity index (χ1) is 20.6. The number of hydrogen-bond acceptors (Lipinski definition) is 5. The molecule has 3 aromatic carbocycles. The molecular formula is C34H41N3O5S. The fraction of sp³-hybridized carbons (Fsp3) is 0.412. The number of rotatable bonds is 8. The van der Waals surface area contributed by atoms with Crippen LogP contribution in [0.5, 0.6) is 5.75 Å². The van der Waals surface area contributed by atoms with Crippen molar-refractivity contribution < 1.29 is 22.7 Å². The summed E-state index contributed by atoms with van der Waals surface area (Å²) >= 11 is 0. The Morgan fingerprint density at radius 2 is 1.60 bits per heavy atom. The molecule has 0 bridgehead atoms. The van der Waals surface area contributed by atoms with Crippen molar-refractivity contribution in [2.24, 2.45) is 5.92 Å². The third kappa shape index (κ3) is 6.56. The summed E-state index contributed by atoms with van der Waals surface area (Å²) in [6.07, 6.45) is 8.01. The Kier molecular flexibility index (Phi) is 9.11. The van der Waals surface area contributed by atoms with E-state index >= 15 is 0 Å². The highest BCUT2D eigenvalue weighted by atomic mass is 32.2. The Morgan fingerprint density at radius 1 is 0.860 bits per heavy atom. The summed E-state index contributed by atoms with van der Waals surface area (Å²) in [6, 6.07) is 17.6. The van der Waals surface area contributed by atoms with Crippen LogP contribution in [0, 0.1) is 5.92 Å². The molecule has 3 aromatic rings. The van der Waals surface area contributed by atoms with Gasteiger partial charge in [0.05, 0.1) is 13.2 Å². The van der Waals surface area contributed by atoms with Crippen molar-refractivity contribution in [1.82, 2.24) is 9.80 Å². The number of benzene rings is 3. The summed E-state index contributed by atoms with van der Waals surface area (Å²) < 4.78 is 35.8. The number of carbonyl (C=O) groups excluding carboxylic acids is 2. The summed E-state index contributed by atoms with van der Waals surface area (Å²) in [5.41, 5.74) is 4.46. The highest BCUT2D eigenvalue weighted by Crippen LogP contribution is 2.38. The van der Waals surface area contributed by atoms with Gasteiger partial charge in [0.1, 0.15) is 10.6 Å². The molecule has 228 valence electrons. The fourth-order valence-corrected chi connectivity index (χ4v) is 7.64. The van der Waals surface area contributed by atoms with Crippen LogP contribution in [0.1, 0.15) is 72.5 Å². The molecule has 1 saturated carbocycles. The maximum Gasteiger partial charge on any atom is 0.265 e. The molecule has 0 heterocycles. The molecule has 5 rings (SSSR count). The average molecular weight is 604 g/mol. The topological polar surface area (TPSA) is 96.0 Å². The van der Waals surface area contributed by atoms with Crippen LogP contribution in [-0.2, 0) is 21.2 Å². The maximum absolute atomic E-state index is 13.8. The summed E-state index contributed by atoms with van der Waals surface area (Å²) in [4.78, 5) is 29.3. The second-order valence-corrected chi connectivity index (χ2v) is 13.5. The highest BCUT2D eigenvalue weighted by Gasteiger charge is 2.32. The zero-order chi connectivity index (χ0) is 30.7. The van der Waals surface area contributed by atoms with Crippen molar-refractivity contribution >= 4 is 27.5 Å². The lowest BCUT2D eigenvalue weighted by molar-refractivity contribution is -0.137. The largest absolute Gasteiger partial charge is 0.495 e. The van der Waals surface area contributed by atoms with Crippen LogP contribution in [0.15, 0.2) is 65.6 Å². The molecule has 43 heavy (non-hydrogen) atoms. The van der Waals surface area contributed by atoms with E-state index in [1.807, 2.05) is 30.1 Å². The third-order valence-electron chi connectivity index (χ3n) is 8.75. The third-order valence-corrected chi connectivity index (χ3v) is 10.2. The number of ether oxygens (including phenoxy) is 1. The van der Waals surface area contributed by atoms with E-state index in [9.17, 15) is 18.0 Å². The summed E-state index contributed by atoms with van der Waals surface area (Å²) in [6.45, 7) is 0. The first kappa shape index (κ1) is 30.6. The van der Waals surface area contributed by atoms with Crippen LogP contribution in [0.3, 0.4) is 0 Å². The van der Waals surface area contributed by atoms with Crippen LogP contribution in [0.25, 0.3) is 11.1 Å². The molecule has 2 aliphatic carbocycles. The Bertz CT molecular complexity index is 1610. The van der Waals surface area contributed by atoms with E-state index in [0.717, 1.165) is 56.1 Å². The second-order valence-electron chi connectivity index (χ2n) is 11.9. The van der Waals surface area contributed by atoms with Gasteiger partial charge in [-0.25, -0.2) is 8.42 Å². The number of aryl methyl sites for hydroxylation is 1. The number of fused-ring (bicyclic) bond motifs is 1. The number of nitrogens with zero attached hydrogens (tertiary/aromatic N) is 2. The van der Waals surface area contributed by atoms with E-state index < -0.39 is 10.0 Å². The molecule has 2 aliphatic rings. The Morgan fingerprint density at radius 3 is 2.33 bits per heavy atom. The van der Waals surface area contributed by atoms with Gasteiger partial charge in [0.2, 0.25) is 5.91 Å². The van der Waals surface area contributed by atoms with Crippen molar-refractivity contribution in [3.8, 4) is 16.9 Å². The molecule has 1 unspecified atom stereocenters. The molecule has 8 nitrogen and oxygen atoms in total. The van der Waals surface area contributed by atoms with Crippen LogP contribution >= 0.6 is 0 Å². The number of sulfonamides is 1. The Hall–Kier alpha value is -3.85. The molecule has 9 heteroatoms. The zero-order valence-corrected chi connectivity index (χ0v) is 26.2. The average Bonchev–Trinajstić information content (AvgIpc) is 3.03. The van der Waals surface area contributed by atoms with Gasteiger partial charge >= 0.3 is 0 Å². The van der Waals surface area contributed by atoms with E-state index in [1.165, 1.54) is 18.4 Å². The number of hydrogen-bond donors (Lipinski definition) is 1. The quantitative estimate of drug-likeness (QED) is 0.327. The predicted molar refractivity (Wildman–Crippen MR) is 169 cm³/mol. The lowest BCUT2D eigenvalue weighted by Crippen LogP contribution is -2.38. The van der Waals surface area contributed by atoms with Gasteiger partial charge in [-0.15, -0.1) is 0 Å². The van der Waals surface area contributed by atoms with Gasteiger partial charge in [-0.1, -0.05) is 43.5 Å². The van der Waals surface area contributed by atoms with E-state index in [1.54, 1.807) is 56.6 Å². The van der Waals surface area contributed by atoms with Crippen molar-refractivity contribution in [3.05, 3.63) is 77.4 Å². The second kappa shape index (κ2) is 12.8. The number of carbonyl (C=O) groups is 2. The number of nitrogens with one attached hydrogen (secondary N) is 1. The maximum atomic E-state index is 13.8. The smallest absolute Gasteiger partial charge is 0.265 e. The van der Waals surface area contributed by atoms with Gasteiger partial charge in [-0.3, -0.25) is 14.3 Å². The number of anilines is 1. The zero-order valence-electron chi connectivity index (χ0n) is 25.4. The first-order valence-electron chi connectivity index (χ1n) is 15.0. The molecule has 1 N–H and O–H groups in total. The molecule has 0 aliphatic heterocycles. The molecule has 2 amide bonds. The van der Waals surface area contributed by atoms with Crippen molar-refractivity contribution in [2.45, 2.75) is 62.3 Å². The normalized spacial score (nSPS) is 17.1. The minimum atomic E-state index is -4.05.